The third-order valence-electron chi connectivity index (χ3n) is 2.71. The lowest BCUT2D eigenvalue weighted by atomic mass is 10.0. The average Bonchev–Trinajstić information content (AvgIpc) is 2.62. The fraction of sp³-hybridized carbons (Fsp3) is 0.545. The van der Waals surface area contributed by atoms with E-state index in [0.29, 0.717) is 11.2 Å². The third-order valence-corrected chi connectivity index (χ3v) is 3.75. The summed E-state index contributed by atoms with van der Waals surface area (Å²) < 4.78 is 0. The summed E-state index contributed by atoms with van der Waals surface area (Å²) in [5.41, 5.74) is 0.342. The summed E-state index contributed by atoms with van der Waals surface area (Å²) >= 11 is 1.61. The van der Waals surface area contributed by atoms with Crippen molar-refractivity contribution in [3.8, 4) is 0 Å². The van der Waals surface area contributed by atoms with Crippen LogP contribution in [0.1, 0.15) is 40.7 Å². The fourth-order valence-electron chi connectivity index (χ4n) is 1.45. The van der Waals surface area contributed by atoms with Crippen molar-refractivity contribution in [2.45, 2.75) is 33.1 Å². The Bertz CT molecular complexity index is 334. The van der Waals surface area contributed by atoms with Crippen molar-refractivity contribution in [1.29, 1.82) is 0 Å². The molecule has 0 aromatic carbocycles. The number of hydrogen-bond donors (Lipinski definition) is 0. The first-order valence-corrected chi connectivity index (χ1v) is 5.50. The molecule has 1 nitrogen and oxygen atoms in total. The van der Waals surface area contributed by atoms with Crippen molar-refractivity contribution in [3.63, 3.8) is 0 Å². The molecule has 2 heteroatoms. The molecule has 0 saturated heterocycles. The lowest BCUT2D eigenvalue weighted by Crippen LogP contribution is -2.04. The normalized spacial score (nSPS) is 18.6. The summed E-state index contributed by atoms with van der Waals surface area (Å²) in [7, 11) is 0. The van der Waals surface area contributed by atoms with Gasteiger partial charge in [0.1, 0.15) is 0 Å². The minimum Gasteiger partial charge on any atom is -0.293 e. The van der Waals surface area contributed by atoms with Gasteiger partial charge in [0.05, 0.1) is 4.88 Å². The molecule has 1 aromatic heterocycles. The number of Topliss-reactive ketones (excluding diaryl/α,β-unsaturated/α-hetero) is 1. The molecular formula is C11H14OS. The van der Waals surface area contributed by atoms with Gasteiger partial charge >= 0.3 is 0 Å². The maximum Gasteiger partial charge on any atom is 0.173 e. The van der Waals surface area contributed by atoms with Crippen LogP contribution in [0.25, 0.3) is 0 Å². The highest BCUT2D eigenvalue weighted by molar-refractivity contribution is 7.14. The van der Waals surface area contributed by atoms with E-state index in [0.717, 1.165) is 11.3 Å². The van der Waals surface area contributed by atoms with Crippen LogP contribution >= 0.6 is 11.3 Å². The van der Waals surface area contributed by atoms with E-state index in [1.807, 2.05) is 19.1 Å². The summed E-state index contributed by atoms with van der Waals surface area (Å²) in [5.74, 6) is 0.332. The second kappa shape index (κ2) is 2.95. The summed E-state index contributed by atoms with van der Waals surface area (Å²) in [6.45, 7) is 4.24. The maximum absolute atomic E-state index is 11.7. The van der Waals surface area contributed by atoms with E-state index in [2.05, 4.69) is 6.92 Å². The summed E-state index contributed by atoms with van der Waals surface area (Å²) in [6.07, 6.45) is 3.19. The topological polar surface area (TPSA) is 17.1 Å². The number of hydrogen-bond acceptors (Lipinski definition) is 2. The average molecular weight is 194 g/mol. The summed E-state index contributed by atoms with van der Waals surface area (Å²) in [6, 6.07) is 3.97. The molecule has 0 amide bonds. The van der Waals surface area contributed by atoms with E-state index in [9.17, 15) is 4.79 Å². The van der Waals surface area contributed by atoms with E-state index >= 15 is 0 Å². The van der Waals surface area contributed by atoms with Crippen molar-refractivity contribution < 1.29 is 4.79 Å². The largest absolute Gasteiger partial charge is 0.293 e. The number of carbonyl (C=O) groups excluding carboxylic acids is 1. The van der Waals surface area contributed by atoms with E-state index in [4.69, 9.17) is 0 Å². The molecule has 2 rings (SSSR count). The van der Waals surface area contributed by atoms with E-state index in [1.54, 1.807) is 11.3 Å². The molecule has 13 heavy (non-hydrogen) atoms. The minimum atomic E-state index is 0.332. The Labute approximate surface area is 82.8 Å². The lowest BCUT2D eigenvalue weighted by Gasteiger charge is -2.04. The van der Waals surface area contributed by atoms with Gasteiger partial charge < -0.3 is 0 Å². The Kier molecular flexibility index (Phi) is 2.03. The van der Waals surface area contributed by atoms with Crippen LogP contribution in [0.3, 0.4) is 0 Å². The van der Waals surface area contributed by atoms with Gasteiger partial charge in [0, 0.05) is 11.3 Å². The standard InChI is InChI=1S/C11H14OS/c1-8-3-4-10(13-8)9(12)7-11(2)5-6-11/h3-4H,5-7H2,1-2H3. The second-order valence-corrected chi connectivity index (χ2v) is 5.61. The van der Waals surface area contributed by atoms with Gasteiger partial charge in [0.25, 0.3) is 0 Å². The van der Waals surface area contributed by atoms with Gasteiger partial charge in [0.15, 0.2) is 5.78 Å². The van der Waals surface area contributed by atoms with E-state index in [1.165, 1.54) is 17.7 Å². The molecule has 1 saturated carbocycles. The molecule has 1 aromatic rings. The quantitative estimate of drug-likeness (QED) is 0.674. The smallest absolute Gasteiger partial charge is 0.173 e. The Balaban J connectivity index is 2.05. The monoisotopic (exact) mass is 194 g/mol. The van der Waals surface area contributed by atoms with Crippen LogP contribution in [0, 0.1) is 12.3 Å². The molecule has 0 aliphatic heterocycles. The van der Waals surface area contributed by atoms with Gasteiger partial charge in [-0.3, -0.25) is 4.79 Å². The first-order valence-electron chi connectivity index (χ1n) is 4.69. The highest BCUT2D eigenvalue weighted by Gasteiger charge is 2.39. The van der Waals surface area contributed by atoms with Gasteiger partial charge in [-0.25, -0.2) is 0 Å². The number of carbonyl (C=O) groups is 1. The molecule has 0 N–H and O–H groups in total. The number of ketones is 1. The molecule has 1 heterocycles. The second-order valence-electron chi connectivity index (χ2n) is 4.32. The van der Waals surface area contributed by atoms with Crippen LogP contribution in [-0.4, -0.2) is 5.78 Å². The van der Waals surface area contributed by atoms with E-state index < -0.39 is 0 Å². The van der Waals surface area contributed by atoms with Crippen molar-refractivity contribution in [1.82, 2.24) is 0 Å². The highest BCUT2D eigenvalue weighted by atomic mass is 32.1. The van der Waals surface area contributed by atoms with Gasteiger partial charge in [0.2, 0.25) is 0 Å². The predicted octanol–water partition coefficient (Wildman–Crippen LogP) is 3.43. The molecule has 0 unspecified atom stereocenters. The molecule has 70 valence electrons. The molecule has 0 atom stereocenters. The predicted molar refractivity (Wildman–Crippen MR) is 55.3 cm³/mol. The maximum atomic E-state index is 11.7. The van der Waals surface area contributed by atoms with Gasteiger partial charge in [-0.1, -0.05) is 6.92 Å². The van der Waals surface area contributed by atoms with Crippen LogP contribution in [0.15, 0.2) is 12.1 Å². The lowest BCUT2D eigenvalue weighted by molar-refractivity contribution is 0.0963. The zero-order valence-electron chi connectivity index (χ0n) is 8.09. The van der Waals surface area contributed by atoms with Crippen LogP contribution in [0.5, 0.6) is 0 Å². The van der Waals surface area contributed by atoms with Crippen molar-refractivity contribution in [3.05, 3.63) is 21.9 Å². The summed E-state index contributed by atoms with van der Waals surface area (Å²) in [4.78, 5) is 13.9. The molecule has 0 spiro atoms. The van der Waals surface area contributed by atoms with Crippen LogP contribution in [0.2, 0.25) is 0 Å². The Morgan fingerprint density at radius 2 is 2.23 bits per heavy atom. The van der Waals surface area contributed by atoms with Crippen LogP contribution in [0.4, 0.5) is 0 Å². The SMILES string of the molecule is Cc1ccc(C(=O)CC2(C)CC2)s1. The Morgan fingerprint density at radius 1 is 1.54 bits per heavy atom. The fourth-order valence-corrected chi connectivity index (χ4v) is 2.25. The zero-order chi connectivity index (χ0) is 9.47. The van der Waals surface area contributed by atoms with Crippen LogP contribution < -0.4 is 0 Å². The van der Waals surface area contributed by atoms with Crippen molar-refractivity contribution in [2.24, 2.45) is 5.41 Å². The van der Waals surface area contributed by atoms with Gasteiger partial charge in [-0.2, -0.15) is 0 Å². The number of rotatable bonds is 3. The zero-order valence-corrected chi connectivity index (χ0v) is 8.91. The molecular weight excluding hydrogens is 180 g/mol. The van der Waals surface area contributed by atoms with Crippen LogP contribution in [-0.2, 0) is 0 Å². The van der Waals surface area contributed by atoms with Crippen molar-refractivity contribution >= 4 is 17.1 Å². The molecule has 1 aliphatic carbocycles. The minimum absolute atomic E-state index is 0.332. The number of thiophene rings is 1. The first-order chi connectivity index (χ1) is 6.09. The number of aryl methyl sites for hydroxylation is 1. The molecule has 0 bridgehead atoms. The molecule has 1 aliphatic rings. The first kappa shape index (κ1) is 8.95. The Morgan fingerprint density at radius 3 is 2.69 bits per heavy atom. The van der Waals surface area contributed by atoms with E-state index in [-0.39, 0.29) is 0 Å². The van der Waals surface area contributed by atoms with Crippen molar-refractivity contribution in [2.75, 3.05) is 0 Å². The van der Waals surface area contributed by atoms with Gasteiger partial charge in [-0.05, 0) is 37.3 Å². The van der Waals surface area contributed by atoms with Gasteiger partial charge in [-0.15, -0.1) is 11.3 Å². The Hall–Kier alpha value is -0.630. The molecule has 1 fully saturated rings. The molecule has 0 radical (unpaired) electrons. The summed E-state index contributed by atoms with van der Waals surface area (Å²) in [5, 5.41) is 0. The third kappa shape index (κ3) is 1.99. The highest BCUT2D eigenvalue weighted by Crippen LogP contribution is 2.48.